The Morgan fingerprint density at radius 1 is 1.50 bits per heavy atom. The fraction of sp³-hybridized carbons (Fsp3) is 0.692. The highest BCUT2D eigenvalue weighted by Gasteiger charge is 2.48. The fourth-order valence-corrected chi connectivity index (χ4v) is 7.60. The summed E-state index contributed by atoms with van der Waals surface area (Å²) >= 11 is 4.74. The van der Waals surface area contributed by atoms with Gasteiger partial charge in [0.05, 0.1) is 3.79 Å². The molecule has 3 heterocycles. The second-order valence-electron chi connectivity index (χ2n) is 5.65. The third kappa shape index (κ3) is 2.27. The molecule has 2 aliphatic heterocycles. The van der Waals surface area contributed by atoms with Crippen molar-refractivity contribution in [2.75, 3.05) is 19.6 Å². The normalized spacial score (nSPS) is 30.9. The maximum absolute atomic E-state index is 12.9. The molecule has 1 N–H and O–H groups in total. The van der Waals surface area contributed by atoms with E-state index in [1.165, 1.54) is 11.3 Å². The Kier molecular flexibility index (Phi) is 4.01. The number of nitrogens with zero attached hydrogens (tertiary/aromatic N) is 1. The smallest absolute Gasteiger partial charge is 0.252 e. The van der Waals surface area contributed by atoms with E-state index in [4.69, 9.17) is 0 Å². The molecule has 7 heteroatoms. The van der Waals surface area contributed by atoms with E-state index in [1.807, 2.05) is 6.92 Å². The van der Waals surface area contributed by atoms with Gasteiger partial charge in [0, 0.05) is 12.6 Å². The maximum atomic E-state index is 12.9. The Morgan fingerprint density at radius 3 is 2.85 bits per heavy atom. The minimum absolute atomic E-state index is 0.140. The standard InChI is InChI=1S/C13H19BrN2O2S2/c1-3-11-10-6-15-5-9(10)7-16(11)20(17,18)12-4-8(2)13(14)19-12/h4,9-11,15H,3,5-7H2,1-2H3. The van der Waals surface area contributed by atoms with Gasteiger partial charge < -0.3 is 5.32 Å². The van der Waals surface area contributed by atoms with Gasteiger partial charge in [-0.15, -0.1) is 11.3 Å². The molecule has 0 spiro atoms. The van der Waals surface area contributed by atoms with E-state index in [9.17, 15) is 8.42 Å². The first-order valence-electron chi connectivity index (χ1n) is 6.93. The number of fused-ring (bicyclic) bond motifs is 1. The van der Waals surface area contributed by atoms with E-state index in [0.29, 0.717) is 22.6 Å². The minimum Gasteiger partial charge on any atom is -0.316 e. The van der Waals surface area contributed by atoms with E-state index in [1.54, 1.807) is 10.4 Å². The first kappa shape index (κ1) is 15.0. The number of sulfonamides is 1. The number of aryl methyl sites for hydroxylation is 1. The molecule has 0 saturated carbocycles. The highest BCUT2D eigenvalue weighted by atomic mass is 79.9. The van der Waals surface area contributed by atoms with Gasteiger partial charge in [-0.05, 0) is 65.8 Å². The Hall–Kier alpha value is 0.0500. The van der Waals surface area contributed by atoms with Crippen LogP contribution in [0.25, 0.3) is 0 Å². The molecule has 1 aromatic rings. The van der Waals surface area contributed by atoms with Crippen molar-refractivity contribution in [2.24, 2.45) is 11.8 Å². The number of halogens is 1. The average Bonchev–Trinajstić information content (AvgIpc) is 3.04. The van der Waals surface area contributed by atoms with Crippen LogP contribution in [0.4, 0.5) is 0 Å². The van der Waals surface area contributed by atoms with Gasteiger partial charge in [-0.2, -0.15) is 4.31 Å². The second kappa shape index (κ2) is 5.35. The summed E-state index contributed by atoms with van der Waals surface area (Å²) < 4.78 is 28.9. The van der Waals surface area contributed by atoms with Crippen molar-refractivity contribution in [1.82, 2.24) is 9.62 Å². The predicted molar refractivity (Wildman–Crippen MR) is 84.6 cm³/mol. The fourth-order valence-electron chi connectivity index (χ4n) is 3.44. The Morgan fingerprint density at radius 2 is 2.25 bits per heavy atom. The lowest BCUT2D eigenvalue weighted by Gasteiger charge is -2.25. The Bertz CT molecular complexity index is 594. The van der Waals surface area contributed by atoms with Crippen molar-refractivity contribution in [3.8, 4) is 0 Å². The predicted octanol–water partition coefficient (Wildman–Crippen LogP) is 2.44. The number of hydrogen-bond donors (Lipinski definition) is 1. The molecule has 2 saturated heterocycles. The van der Waals surface area contributed by atoms with Crippen LogP contribution in [0.3, 0.4) is 0 Å². The molecule has 0 amide bonds. The monoisotopic (exact) mass is 378 g/mol. The largest absolute Gasteiger partial charge is 0.316 e. The van der Waals surface area contributed by atoms with Crippen molar-refractivity contribution in [2.45, 2.75) is 30.5 Å². The number of thiophene rings is 1. The molecule has 3 unspecified atom stereocenters. The Labute approximate surface area is 132 Å². The van der Waals surface area contributed by atoms with Crippen LogP contribution in [0, 0.1) is 18.8 Å². The van der Waals surface area contributed by atoms with Gasteiger partial charge in [0.2, 0.25) is 0 Å². The lowest BCUT2D eigenvalue weighted by atomic mass is 9.93. The van der Waals surface area contributed by atoms with Crippen molar-refractivity contribution in [3.05, 3.63) is 15.4 Å². The molecule has 3 atom stereocenters. The van der Waals surface area contributed by atoms with Crippen molar-refractivity contribution >= 4 is 37.3 Å². The summed E-state index contributed by atoms with van der Waals surface area (Å²) in [4.78, 5) is 0. The van der Waals surface area contributed by atoms with Crippen LogP contribution >= 0.6 is 27.3 Å². The van der Waals surface area contributed by atoms with Crippen LogP contribution in [0.2, 0.25) is 0 Å². The van der Waals surface area contributed by atoms with Gasteiger partial charge in [0.1, 0.15) is 4.21 Å². The molecule has 1 aromatic heterocycles. The SMILES string of the molecule is CCC1C2CNCC2CN1S(=O)(=O)c1cc(C)c(Br)s1. The molecule has 4 nitrogen and oxygen atoms in total. The number of hydrogen-bond acceptors (Lipinski definition) is 4. The zero-order valence-electron chi connectivity index (χ0n) is 11.6. The molecule has 0 radical (unpaired) electrons. The van der Waals surface area contributed by atoms with Crippen LogP contribution in [0.1, 0.15) is 18.9 Å². The van der Waals surface area contributed by atoms with E-state index in [0.717, 1.165) is 28.9 Å². The third-order valence-electron chi connectivity index (χ3n) is 4.49. The molecule has 0 bridgehead atoms. The summed E-state index contributed by atoms with van der Waals surface area (Å²) in [5.41, 5.74) is 0.989. The molecular weight excluding hydrogens is 360 g/mol. The van der Waals surface area contributed by atoms with Crippen molar-refractivity contribution in [3.63, 3.8) is 0 Å². The van der Waals surface area contributed by atoms with Crippen molar-refractivity contribution in [1.29, 1.82) is 0 Å². The van der Waals surface area contributed by atoms with Gasteiger partial charge in [0.15, 0.2) is 0 Å². The summed E-state index contributed by atoms with van der Waals surface area (Å²) in [5, 5.41) is 3.39. The van der Waals surface area contributed by atoms with Crippen LogP contribution < -0.4 is 5.32 Å². The highest BCUT2D eigenvalue weighted by Crippen LogP contribution is 2.40. The van der Waals surface area contributed by atoms with Crippen LogP contribution in [-0.2, 0) is 10.0 Å². The first-order valence-corrected chi connectivity index (χ1v) is 9.98. The van der Waals surface area contributed by atoms with E-state index < -0.39 is 10.0 Å². The number of nitrogens with one attached hydrogen (secondary N) is 1. The summed E-state index contributed by atoms with van der Waals surface area (Å²) in [7, 11) is -3.35. The quantitative estimate of drug-likeness (QED) is 0.878. The van der Waals surface area contributed by atoms with Crippen LogP contribution in [0.5, 0.6) is 0 Å². The van der Waals surface area contributed by atoms with Crippen LogP contribution in [-0.4, -0.2) is 38.4 Å². The van der Waals surface area contributed by atoms with Crippen LogP contribution in [0.15, 0.2) is 14.1 Å². The summed E-state index contributed by atoms with van der Waals surface area (Å²) in [6.07, 6.45) is 0.883. The summed E-state index contributed by atoms with van der Waals surface area (Å²) in [5.74, 6) is 0.943. The topological polar surface area (TPSA) is 49.4 Å². The molecule has 112 valence electrons. The molecule has 0 aromatic carbocycles. The molecule has 2 aliphatic rings. The number of rotatable bonds is 3. The van der Waals surface area contributed by atoms with Gasteiger partial charge in [-0.1, -0.05) is 6.92 Å². The van der Waals surface area contributed by atoms with Crippen molar-refractivity contribution < 1.29 is 8.42 Å². The summed E-state index contributed by atoms with van der Waals surface area (Å²) in [6.45, 7) is 6.57. The van der Waals surface area contributed by atoms with Gasteiger partial charge >= 0.3 is 0 Å². The van der Waals surface area contributed by atoms with E-state index >= 15 is 0 Å². The van der Waals surface area contributed by atoms with E-state index in [2.05, 4.69) is 28.2 Å². The molecule has 3 rings (SSSR count). The lowest BCUT2D eigenvalue weighted by molar-refractivity contribution is 0.329. The van der Waals surface area contributed by atoms with Gasteiger partial charge in [-0.25, -0.2) is 8.42 Å². The average molecular weight is 379 g/mol. The molecule has 20 heavy (non-hydrogen) atoms. The highest BCUT2D eigenvalue weighted by molar-refractivity contribution is 9.11. The molecule has 0 aliphatic carbocycles. The minimum atomic E-state index is -3.35. The Balaban J connectivity index is 1.95. The lowest BCUT2D eigenvalue weighted by Crippen LogP contribution is -2.39. The molecule has 2 fully saturated rings. The summed E-state index contributed by atoms with van der Waals surface area (Å²) in [6, 6.07) is 1.92. The van der Waals surface area contributed by atoms with Gasteiger partial charge in [0.25, 0.3) is 10.0 Å². The second-order valence-corrected chi connectivity index (χ2v) is 10.1. The first-order chi connectivity index (χ1) is 9.45. The zero-order chi connectivity index (χ0) is 14.5. The zero-order valence-corrected chi connectivity index (χ0v) is 14.8. The molecular formula is C13H19BrN2O2S2. The third-order valence-corrected chi connectivity index (χ3v) is 8.96. The van der Waals surface area contributed by atoms with Gasteiger partial charge in [-0.3, -0.25) is 0 Å². The van der Waals surface area contributed by atoms with E-state index in [-0.39, 0.29) is 6.04 Å². The maximum Gasteiger partial charge on any atom is 0.252 e.